The predicted octanol–water partition coefficient (Wildman–Crippen LogP) is 3.65. The summed E-state index contributed by atoms with van der Waals surface area (Å²) >= 11 is 1.41. The third kappa shape index (κ3) is 3.83. The number of benzene rings is 2. The lowest BCUT2D eigenvalue weighted by Gasteiger charge is -2.12. The van der Waals surface area contributed by atoms with Gasteiger partial charge in [0.1, 0.15) is 5.75 Å². The third-order valence-electron chi connectivity index (χ3n) is 4.17. The molecule has 0 aliphatic carbocycles. The molecule has 0 spiro atoms. The number of nitrogens with one attached hydrogen (secondary N) is 2. The van der Waals surface area contributed by atoms with Crippen LogP contribution in [-0.2, 0) is 11.2 Å². The summed E-state index contributed by atoms with van der Waals surface area (Å²) in [5, 5.41) is 6.13. The van der Waals surface area contributed by atoms with E-state index in [-0.39, 0.29) is 11.8 Å². The number of thiazole rings is 1. The lowest BCUT2D eigenvalue weighted by molar-refractivity contribution is -0.122. The van der Waals surface area contributed by atoms with E-state index >= 15 is 0 Å². The van der Waals surface area contributed by atoms with E-state index in [0.29, 0.717) is 22.8 Å². The summed E-state index contributed by atoms with van der Waals surface area (Å²) < 4.78 is 5.70. The second kappa shape index (κ2) is 7.20. The molecule has 1 aliphatic heterocycles. The lowest BCUT2D eigenvalue weighted by atomic mass is 10.1. The van der Waals surface area contributed by atoms with E-state index in [2.05, 4.69) is 15.6 Å². The zero-order chi connectivity index (χ0) is 18.8. The number of amides is 2. The monoisotopic (exact) mass is 379 g/mol. The number of hydrogen-bond donors (Lipinski definition) is 2. The molecule has 1 atom stereocenters. The zero-order valence-corrected chi connectivity index (χ0v) is 15.4. The summed E-state index contributed by atoms with van der Waals surface area (Å²) in [6, 6.07) is 14.4. The first-order chi connectivity index (χ1) is 13.1. The van der Waals surface area contributed by atoms with E-state index < -0.39 is 6.10 Å². The van der Waals surface area contributed by atoms with E-state index in [0.717, 1.165) is 16.2 Å². The first-order valence-corrected chi connectivity index (χ1v) is 9.29. The van der Waals surface area contributed by atoms with Crippen LogP contribution < -0.4 is 15.4 Å². The smallest absolute Gasteiger partial charge is 0.265 e. The van der Waals surface area contributed by atoms with Crippen molar-refractivity contribution in [3.05, 3.63) is 70.7 Å². The van der Waals surface area contributed by atoms with Crippen LogP contribution in [0.25, 0.3) is 0 Å². The topological polar surface area (TPSA) is 80.3 Å². The molecule has 1 aliphatic rings. The standard InChI is InChI=1S/C20H17N3O3S/c1-12-11-21-20(27-12)23-18(24)14-6-4-7-15(9-14)22-19(25)17-10-13-5-2-3-8-16(13)26-17/h2-9,11,17H,10H2,1H3,(H,22,25)(H,21,23,24). The van der Waals surface area contributed by atoms with E-state index in [1.165, 1.54) is 11.3 Å². The van der Waals surface area contributed by atoms with Crippen molar-refractivity contribution in [1.29, 1.82) is 0 Å². The molecule has 0 radical (unpaired) electrons. The summed E-state index contributed by atoms with van der Waals surface area (Å²) in [7, 11) is 0. The van der Waals surface area contributed by atoms with Crippen molar-refractivity contribution in [2.75, 3.05) is 10.6 Å². The summed E-state index contributed by atoms with van der Waals surface area (Å²) in [6.45, 7) is 1.92. The van der Waals surface area contributed by atoms with Crippen molar-refractivity contribution in [2.24, 2.45) is 0 Å². The first kappa shape index (κ1) is 17.2. The minimum Gasteiger partial charge on any atom is -0.480 e. The summed E-state index contributed by atoms with van der Waals surface area (Å²) in [5.74, 6) is 0.230. The molecule has 2 heterocycles. The fourth-order valence-electron chi connectivity index (χ4n) is 2.87. The molecular weight excluding hydrogens is 362 g/mol. The number of aryl methyl sites for hydroxylation is 1. The average molecular weight is 379 g/mol. The van der Waals surface area contributed by atoms with Gasteiger partial charge in [0.15, 0.2) is 11.2 Å². The number of fused-ring (bicyclic) bond motifs is 1. The van der Waals surface area contributed by atoms with Crippen molar-refractivity contribution < 1.29 is 14.3 Å². The molecule has 4 rings (SSSR count). The fraction of sp³-hybridized carbons (Fsp3) is 0.150. The van der Waals surface area contributed by atoms with Crippen molar-refractivity contribution in [3.63, 3.8) is 0 Å². The van der Waals surface area contributed by atoms with Gasteiger partial charge < -0.3 is 10.1 Å². The second-order valence-corrected chi connectivity index (χ2v) is 7.45. The van der Waals surface area contributed by atoms with E-state index in [4.69, 9.17) is 4.74 Å². The van der Waals surface area contributed by atoms with Crippen molar-refractivity contribution >= 4 is 34.0 Å². The van der Waals surface area contributed by atoms with Crippen LogP contribution in [0.15, 0.2) is 54.7 Å². The minimum absolute atomic E-state index is 0.237. The number of nitrogens with zero attached hydrogens (tertiary/aromatic N) is 1. The average Bonchev–Trinajstić information content (AvgIpc) is 3.28. The van der Waals surface area contributed by atoms with Crippen LogP contribution in [0, 0.1) is 6.92 Å². The largest absolute Gasteiger partial charge is 0.480 e. The van der Waals surface area contributed by atoms with Crippen LogP contribution in [0.1, 0.15) is 20.8 Å². The van der Waals surface area contributed by atoms with Crippen LogP contribution in [0.4, 0.5) is 10.8 Å². The Morgan fingerprint density at radius 2 is 2.00 bits per heavy atom. The van der Waals surface area contributed by atoms with Gasteiger partial charge >= 0.3 is 0 Å². The molecule has 6 nitrogen and oxygen atoms in total. The van der Waals surface area contributed by atoms with Crippen LogP contribution in [0.2, 0.25) is 0 Å². The van der Waals surface area contributed by atoms with Crippen molar-refractivity contribution in [2.45, 2.75) is 19.4 Å². The van der Waals surface area contributed by atoms with Crippen LogP contribution in [0.5, 0.6) is 5.75 Å². The Bertz CT molecular complexity index is 990. The molecule has 0 bridgehead atoms. The summed E-state index contributed by atoms with van der Waals surface area (Å²) in [4.78, 5) is 30.0. The van der Waals surface area contributed by atoms with Gasteiger partial charge in [0.05, 0.1) is 0 Å². The molecule has 136 valence electrons. The number of hydrogen-bond acceptors (Lipinski definition) is 5. The maximum absolute atomic E-state index is 12.5. The Morgan fingerprint density at radius 1 is 1.15 bits per heavy atom. The van der Waals surface area contributed by atoms with Crippen LogP contribution in [-0.4, -0.2) is 22.9 Å². The molecule has 2 amide bonds. The Kier molecular flexibility index (Phi) is 4.60. The number of carbonyl (C=O) groups excluding carboxylic acids is 2. The molecule has 1 aromatic heterocycles. The van der Waals surface area contributed by atoms with Gasteiger partial charge in [0.25, 0.3) is 11.8 Å². The maximum atomic E-state index is 12.5. The summed E-state index contributed by atoms with van der Waals surface area (Å²) in [6.07, 6.45) is 1.67. The summed E-state index contributed by atoms with van der Waals surface area (Å²) in [5.41, 5.74) is 2.00. The number of rotatable bonds is 4. The van der Waals surface area contributed by atoms with Crippen LogP contribution >= 0.6 is 11.3 Å². The van der Waals surface area contributed by atoms with Gasteiger partial charge in [-0.1, -0.05) is 24.3 Å². The molecule has 0 saturated heterocycles. The highest BCUT2D eigenvalue weighted by Gasteiger charge is 2.28. The Morgan fingerprint density at radius 3 is 2.78 bits per heavy atom. The molecule has 3 aromatic rings. The molecule has 2 N–H and O–H groups in total. The molecular formula is C20H17N3O3S. The molecule has 7 heteroatoms. The number of para-hydroxylation sites is 1. The number of aromatic nitrogens is 1. The van der Waals surface area contributed by atoms with Gasteiger partial charge in [-0.2, -0.15) is 0 Å². The first-order valence-electron chi connectivity index (χ1n) is 8.48. The number of carbonyl (C=O) groups is 2. The molecule has 2 aromatic carbocycles. The van der Waals surface area contributed by atoms with Gasteiger partial charge in [-0.3, -0.25) is 14.9 Å². The lowest BCUT2D eigenvalue weighted by Crippen LogP contribution is -2.31. The molecule has 0 saturated carbocycles. The number of ether oxygens (including phenoxy) is 1. The molecule has 1 unspecified atom stereocenters. The predicted molar refractivity (Wildman–Crippen MR) is 104 cm³/mol. The van der Waals surface area contributed by atoms with Crippen LogP contribution in [0.3, 0.4) is 0 Å². The molecule has 0 fully saturated rings. The van der Waals surface area contributed by atoms with Gasteiger partial charge in [-0.05, 0) is 36.8 Å². The Hall–Kier alpha value is -3.19. The van der Waals surface area contributed by atoms with E-state index in [9.17, 15) is 9.59 Å². The Balaban J connectivity index is 1.42. The van der Waals surface area contributed by atoms with Gasteiger partial charge in [-0.25, -0.2) is 4.98 Å². The fourth-order valence-corrected chi connectivity index (χ4v) is 3.53. The highest BCUT2D eigenvalue weighted by Crippen LogP contribution is 2.28. The minimum atomic E-state index is -0.571. The Labute approximate surface area is 160 Å². The highest BCUT2D eigenvalue weighted by molar-refractivity contribution is 7.15. The second-order valence-electron chi connectivity index (χ2n) is 6.22. The normalized spacial score (nSPS) is 14.9. The highest BCUT2D eigenvalue weighted by atomic mass is 32.1. The van der Waals surface area contributed by atoms with Gasteiger partial charge in [0.2, 0.25) is 0 Å². The molecule has 27 heavy (non-hydrogen) atoms. The van der Waals surface area contributed by atoms with Crippen molar-refractivity contribution in [1.82, 2.24) is 4.98 Å². The third-order valence-corrected chi connectivity index (χ3v) is 5.00. The van der Waals surface area contributed by atoms with Gasteiger partial charge in [0, 0.05) is 28.7 Å². The van der Waals surface area contributed by atoms with E-state index in [1.807, 2.05) is 31.2 Å². The quantitative estimate of drug-likeness (QED) is 0.725. The van der Waals surface area contributed by atoms with Gasteiger partial charge in [-0.15, -0.1) is 11.3 Å². The number of anilines is 2. The zero-order valence-electron chi connectivity index (χ0n) is 14.6. The maximum Gasteiger partial charge on any atom is 0.265 e. The van der Waals surface area contributed by atoms with E-state index in [1.54, 1.807) is 30.5 Å². The van der Waals surface area contributed by atoms with Crippen molar-refractivity contribution in [3.8, 4) is 5.75 Å². The SMILES string of the molecule is Cc1cnc(NC(=O)c2cccc(NC(=O)C3Cc4ccccc4O3)c2)s1.